The summed E-state index contributed by atoms with van der Waals surface area (Å²) in [5.41, 5.74) is 3.62. The van der Waals surface area contributed by atoms with E-state index in [0.717, 1.165) is 22.2 Å². The summed E-state index contributed by atoms with van der Waals surface area (Å²) in [5.74, 6) is 1.35. The number of hydrogen-bond acceptors (Lipinski definition) is 7. The Hall–Kier alpha value is -3.30. The highest BCUT2D eigenvalue weighted by atomic mass is 16.5. The Morgan fingerprint density at radius 1 is 1.16 bits per heavy atom. The van der Waals surface area contributed by atoms with Gasteiger partial charge in [-0.25, -0.2) is 4.68 Å². The predicted octanol–water partition coefficient (Wildman–Crippen LogP) is 2.19. The highest BCUT2D eigenvalue weighted by Crippen LogP contribution is 2.28. The number of aromatic nitrogens is 5. The number of benzene rings is 1. The molecule has 1 fully saturated rings. The van der Waals surface area contributed by atoms with Gasteiger partial charge in [0.25, 0.3) is 5.56 Å². The van der Waals surface area contributed by atoms with E-state index in [0.29, 0.717) is 44.2 Å². The van der Waals surface area contributed by atoms with Gasteiger partial charge < -0.3 is 14.1 Å². The summed E-state index contributed by atoms with van der Waals surface area (Å²) in [6, 6.07) is 9.39. The summed E-state index contributed by atoms with van der Waals surface area (Å²) in [6.07, 6.45) is 1.62. The first-order valence-electron chi connectivity index (χ1n) is 10.3. The third-order valence-corrected chi connectivity index (χ3v) is 5.88. The van der Waals surface area contributed by atoms with Crippen LogP contribution in [0.4, 0.5) is 0 Å². The van der Waals surface area contributed by atoms with Crippen LogP contribution in [0.3, 0.4) is 0 Å². The second-order valence-electron chi connectivity index (χ2n) is 7.90. The van der Waals surface area contributed by atoms with E-state index in [2.05, 4.69) is 38.4 Å². The lowest BCUT2D eigenvalue weighted by Gasteiger charge is -2.33. The molecule has 31 heavy (non-hydrogen) atoms. The molecule has 1 N–H and O–H groups in total. The summed E-state index contributed by atoms with van der Waals surface area (Å²) in [5, 5.41) is 13.4. The lowest BCUT2D eigenvalue weighted by Crippen LogP contribution is -2.42. The number of H-pyrrole nitrogens is 1. The summed E-state index contributed by atoms with van der Waals surface area (Å²) >= 11 is 0. The second kappa shape index (κ2) is 8.09. The minimum atomic E-state index is -0.399. The Balaban J connectivity index is 1.64. The zero-order valence-corrected chi connectivity index (χ0v) is 17.5. The van der Waals surface area contributed by atoms with Crippen molar-refractivity contribution in [3.8, 4) is 0 Å². The van der Waals surface area contributed by atoms with Crippen LogP contribution in [0.2, 0.25) is 0 Å². The summed E-state index contributed by atoms with van der Waals surface area (Å²) in [4.78, 5) is 18.5. The van der Waals surface area contributed by atoms with Crippen molar-refractivity contribution in [2.24, 2.45) is 0 Å². The molecule has 9 heteroatoms. The van der Waals surface area contributed by atoms with E-state index >= 15 is 0 Å². The van der Waals surface area contributed by atoms with Gasteiger partial charge in [-0.15, -0.1) is 5.10 Å². The molecule has 1 aromatic carbocycles. The van der Waals surface area contributed by atoms with Gasteiger partial charge in [0.2, 0.25) is 0 Å². The number of furan rings is 1. The summed E-state index contributed by atoms with van der Waals surface area (Å²) in [7, 11) is 0. The number of tetrazole rings is 1. The van der Waals surface area contributed by atoms with Gasteiger partial charge in [-0.05, 0) is 71.1 Å². The number of aromatic amines is 1. The number of hydrogen-bond donors (Lipinski definition) is 1. The van der Waals surface area contributed by atoms with Gasteiger partial charge in [0.05, 0.1) is 19.5 Å². The number of nitrogens with one attached hydrogen (secondary N) is 1. The van der Waals surface area contributed by atoms with Crippen molar-refractivity contribution < 1.29 is 9.15 Å². The first kappa shape index (κ1) is 19.7. The third kappa shape index (κ3) is 3.77. The Bertz CT molecular complexity index is 1250. The maximum Gasteiger partial charge on any atom is 0.253 e. The van der Waals surface area contributed by atoms with Crippen LogP contribution >= 0.6 is 0 Å². The van der Waals surface area contributed by atoms with Crippen LogP contribution in [0.25, 0.3) is 10.9 Å². The van der Waals surface area contributed by atoms with Crippen LogP contribution in [0, 0.1) is 13.8 Å². The molecule has 1 aliphatic rings. The van der Waals surface area contributed by atoms with Crippen molar-refractivity contribution in [3.63, 3.8) is 0 Å². The Kier molecular flexibility index (Phi) is 5.13. The van der Waals surface area contributed by atoms with E-state index < -0.39 is 6.04 Å². The number of ether oxygens (including phenoxy) is 1. The van der Waals surface area contributed by atoms with Gasteiger partial charge >= 0.3 is 0 Å². The molecule has 1 saturated heterocycles. The lowest BCUT2D eigenvalue weighted by atomic mass is 10.0. The van der Waals surface area contributed by atoms with Crippen molar-refractivity contribution in [3.05, 3.63) is 75.2 Å². The highest BCUT2D eigenvalue weighted by Gasteiger charge is 2.31. The number of pyridine rings is 1. The lowest BCUT2D eigenvalue weighted by molar-refractivity contribution is 0.0214. The van der Waals surface area contributed by atoms with Crippen LogP contribution in [0.5, 0.6) is 0 Å². The van der Waals surface area contributed by atoms with E-state index in [4.69, 9.17) is 9.15 Å². The quantitative estimate of drug-likeness (QED) is 0.528. The van der Waals surface area contributed by atoms with Gasteiger partial charge in [-0.1, -0.05) is 0 Å². The molecule has 1 atom stereocenters. The first-order chi connectivity index (χ1) is 15.1. The van der Waals surface area contributed by atoms with E-state index in [1.807, 2.05) is 31.2 Å². The first-order valence-corrected chi connectivity index (χ1v) is 10.3. The molecule has 4 aromatic rings. The molecule has 0 amide bonds. The molecule has 4 heterocycles. The molecular formula is C22H24N6O3. The van der Waals surface area contributed by atoms with Crippen LogP contribution in [0.1, 0.15) is 34.3 Å². The Morgan fingerprint density at radius 3 is 2.74 bits per heavy atom. The highest BCUT2D eigenvalue weighted by molar-refractivity contribution is 5.81. The zero-order valence-electron chi connectivity index (χ0n) is 17.5. The van der Waals surface area contributed by atoms with Crippen molar-refractivity contribution >= 4 is 10.9 Å². The molecule has 1 aliphatic heterocycles. The van der Waals surface area contributed by atoms with E-state index in [1.165, 1.54) is 5.56 Å². The topological polar surface area (TPSA) is 102 Å². The second-order valence-corrected chi connectivity index (χ2v) is 7.90. The maximum atomic E-state index is 13.2. The molecule has 9 nitrogen and oxygen atoms in total. The monoisotopic (exact) mass is 420 g/mol. The molecule has 3 aromatic heterocycles. The van der Waals surface area contributed by atoms with Gasteiger partial charge in [0, 0.05) is 24.2 Å². The number of nitrogens with zero attached hydrogens (tertiary/aromatic N) is 5. The fourth-order valence-electron chi connectivity index (χ4n) is 4.10. The van der Waals surface area contributed by atoms with Crippen molar-refractivity contribution in [2.75, 3.05) is 26.3 Å². The molecule has 0 radical (unpaired) electrons. The zero-order chi connectivity index (χ0) is 21.4. The molecular weight excluding hydrogens is 396 g/mol. The molecule has 160 valence electrons. The Labute approximate surface area is 178 Å². The summed E-state index contributed by atoms with van der Waals surface area (Å²) < 4.78 is 12.7. The van der Waals surface area contributed by atoms with Crippen LogP contribution in [0.15, 0.2) is 45.8 Å². The van der Waals surface area contributed by atoms with Crippen LogP contribution in [-0.2, 0) is 11.3 Å². The summed E-state index contributed by atoms with van der Waals surface area (Å²) in [6.45, 7) is 7.06. The fourth-order valence-corrected chi connectivity index (χ4v) is 4.10. The maximum absolute atomic E-state index is 13.2. The standard InChI is InChI=1S/C22H24N6O3/c1-14-10-16-12-18(22(29)23-19(16)11-15(14)2)20(27-5-8-30-9-6-27)21-24-25-26-28(21)13-17-4-3-7-31-17/h3-4,7,10-12,20H,5-6,8-9,13H2,1-2H3,(H,23,29). The fraction of sp³-hybridized carbons (Fsp3) is 0.364. The largest absolute Gasteiger partial charge is 0.467 e. The molecule has 0 aliphatic carbocycles. The average Bonchev–Trinajstić information content (AvgIpc) is 3.44. The SMILES string of the molecule is Cc1cc2cc(C(c3nnnn3Cc3ccco3)N3CCOCC3)c(=O)[nH]c2cc1C. The van der Waals surface area contributed by atoms with Gasteiger partial charge in [0.1, 0.15) is 18.3 Å². The molecule has 5 rings (SSSR count). The normalized spacial score (nSPS) is 16.1. The Morgan fingerprint density at radius 2 is 1.97 bits per heavy atom. The number of aryl methyl sites for hydroxylation is 2. The number of morpholine rings is 1. The smallest absolute Gasteiger partial charge is 0.253 e. The van der Waals surface area contributed by atoms with E-state index in [1.54, 1.807) is 10.9 Å². The van der Waals surface area contributed by atoms with Gasteiger partial charge in [-0.3, -0.25) is 9.69 Å². The van der Waals surface area contributed by atoms with Crippen molar-refractivity contribution in [2.45, 2.75) is 26.4 Å². The van der Waals surface area contributed by atoms with E-state index in [-0.39, 0.29) is 5.56 Å². The minimum Gasteiger partial charge on any atom is -0.467 e. The average molecular weight is 420 g/mol. The van der Waals surface area contributed by atoms with Crippen molar-refractivity contribution in [1.82, 2.24) is 30.1 Å². The number of rotatable bonds is 5. The van der Waals surface area contributed by atoms with Gasteiger partial charge in [0.15, 0.2) is 5.82 Å². The molecule has 0 bridgehead atoms. The van der Waals surface area contributed by atoms with E-state index in [9.17, 15) is 4.79 Å². The number of fused-ring (bicyclic) bond motifs is 1. The predicted molar refractivity (Wildman–Crippen MR) is 114 cm³/mol. The van der Waals surface area contributed by atoms with Crippen LogP contribution in [-0.4, -0.2) is 56.4 Å². The van der Waals surface area contributed by atoms with Gasteiger partial charge in [-0.2, -0.15) is 0 Å². The van der Waals surface area contributed by atoms with Crippen LogP contribution < -0.4 is 5.56 Å². The minimum absolute atomic E-state index is 0.139. The molecule has 0 saturated carbocycles. The molecule has 1 unspecified atom stereocenters. The van der Waals surface area contributed by atoms with Crippen molar-refractivity contribution in [1.29, 1.82) is 0 Å². The molecule has 0 spiro atoms. The third-order valence-electron chi connectivity index (χ3n) is 5.88.